The van der Waals surface area contributed by atoms with Crippen LogP contribution in [0.2, 0.25) is 0 Å². The molecule has 0 saturated carbocycles. The van der Waals surface area contributed by atoms with E-state index >= 15 is 0 Å². The number of amides is 1. The SMILES string of the molecule is Cc1cc(Nc2nc(C3CCN(C(=O)C(C)(C)O)CC3)cn3cccc23)n[nH]1. The highest BCUT2D eigenvalue weighted by atomic mass is 16.3. The molecular weight excluding hydrogens is 356 g/mol. The number of rotatable bonds is 4. The summed E-state index contributed by atoms with van der Waals surface area (Å²) in [6.45, 7) is 6.29. The number of piperidine rings is 1. The molecule has 3 aromatic rings. The van der Waals surface area contributed by atoms with Gasteiger partial charge in [-0.05, 0) is 45.7 Å². The molecule has 8 heteroatoms. The number of fused-ring (bicyclic) bond motifs is 1. The Morgan fingerprint density at radius 3 is 2.75 bits per heavy atom. The molecule has 0 bridgehead atoms. The number of nitrogens with one attached hydrogen (secondary N) is 2. The largest absolute Gasteiger partial charge is 0.381 e. The van der Waals surface area contributed by atoms with Crippen molar-refractivity contribution in [2.45, 2.75) is 45.1 Å². The molecule has 0 aliphatic carbocycles. The lowest BCUT2D eigenvalue weighted by Crippen LogP contribution is -2.48. The van der Waals surface area contributed by atoms with Crippen molar-refractivity contribution in [2.24, 2.45) is 0 Å². The molecule has 4 rings (SSSR count). The Morgan fingerprint density at radius 1 is 1.36 bits per heavy atom. The Bertz CT molecular complexity index is 992. The second kappa shape index (κ2) is 6.94. The molecule has 0 spiro atoms. The first-order valence-electron chi connectivity index (χ1n) is 9.59. The van der Waals surface area contributed by atoms with Gasteiger partial charge in [-0.25, -0.2) is 4.98 Å². The van der Waals surface area contributed by atoms with Gasteiger partial charge >= 0.3 is 0 Å². The molecule has 0 aromatic carbocycles. The maximum Gasteiger partial charge on any atom is 0.253 e. The van der Waals surface area contributed by atoms with Crippen LogP contribution in [0.3, 0.4) is 0 Å². The zero-order chi connectivity index (χ0) is 19.9. The normalized spacial score (nSPS) is 15.9. The van der Waals surface area contributed by atoms with Crippen molar-refractivity contribution in [3.05, 3.63) is 42.0 Å². The number of likely N-dealkylation sites (tertiary alicyclic amines) is 1. The van der Waals surface area contributed by atoms with Crippen molar-refractivity contribution >= 4 is 23.1 Å². The molecule has 148 valence electrons. The molecule has 0 unspecified atom stereocenters. The van der Waals surface area contributed by atoms with E-state index in [-0.39, 0.29) is 11.8 Å². The standard InChI is InChI=1S/C20H26N6O2/c1-13-11-17(24-23-13)22-18-16-5-4-8-26(16)12-15(21-18)14-6-9-25(10-7-14)19(27)20(2,3)28/h4-5,8,11-12,14,28H,6-7,9-10H2,1-3H3,(H2,21,22,23,24). The van der Waals surface area contributed by atoms with Crippen LogP contribution >= 0.6 is 0 Å². The van der Waals surface area contributed by atoms with Gasteiger partial charge in [-0.2, -0.15) is 5.10 Å². The zero-order valence-electron chi connectivity index (χ0n) is 16.4. The molecule has 1 amide bonds. The number of carbonyl (C=O) groups excluding carboxylic acids is 1. The second-order valence-corrected chi connectivity index (χ2v) is 8.00. The first-order chi connectivity index (χ1) is 13.3. The van der Waals surface area contributed by atoms with Gasteiger partial charge in [0.1, 0.15) is 5.60 Å². The van der Waals surface area contributed by atoms with E-state index in [1.807, 2.05) is 31.3 Å². The summed E-state index contributed by atoms with van der Waals surface area (Å²) in [6, 6.07) is 5.95. The Morgan fingerprint density at radius 2 is 2.11 bits per heavy atom. The van der Waals surface area contributed by atoms with Gasteiger partial charge in [0.25, 0.3) is 5.91 Å². The minimum Gasteiger partial charge on any atom is -0.381 e. The molecule has 3 aromatic heterocycles. The van der Waals surface area contributed by atoms with Crippen LogP contribution in [-0.4, -0.2) is 54.2 Å². The lowest BCUT2D eigenvalue weighted by Gasteiger charge is -2.35. The first-order valence-corrected chi connectivity index (χ1v) is 9.59. The van der Waals surface area contributed by atoms with Crippen molar-refractivity contribution in [1.82, 2.24) is 24.5 Å². The van der Waals surface area contributed by atoms with Gasteiger partial charge in [-0.1, -0.05) is 0 Å². The van der Waals surface area contributed by atoms with E-state index in [1.54, 1.807) is 4.90 Å². The van der Waals surface area contributed by atoms with Crippen LogP contribution in [-0.2, 0) is 4.79 Å². The summed E-state index contributed by atoms with van der Waals surface area (Å²) in [7, 11) is 0. The van der Waals surface area contributed by atoms with Crippen molar-refractivity contribution in [2.75, 3.05) is 18.4 Å². The fourth-order valence-corrected chi connectivity index (χ4v) is 3.72. The predicted octanol–water partition coefficient (Wildman–Crippen LogP) is 2.59. The average molecular weight is 382 g/mol. The second-order valence-electron chi connectivity index (χ2n) is 8.00. The number of aromatic nitrogens is 4. The average Bonchev–Trinajstić information content (AvgIpc) is 3.29. The third-order valence-electron chi connectivity index (χ3n) is 5.21. The zero-order valence-corrected chi connectivity index (χ0v) is 16.4. The molecule has 8 nitrogen and oxygen atoms in total. The van der Waals surface area contributed by atoms with Gasteiger partial charge in [0.2, 0.25) is 0 Å². The van der Waals surface area contributed by atoms with Crippen molar-refractivity contribution in [3.8, 4) is 0 Å². The van der Waals surface area contributed by atoms with Gasteiger partial charge in [0.15, 0.2) is 11.6 Å². The van der Waals surface area contributed by atoms with Crippen LogP contribution in [0.15, 0.2) is 30.6 Å². The number of carbonyl (C=O) groups is 1. The summed E-state index contributed by atoms with van der Waals surface area (Å²) >= 11 is 0. The highest BCUT2D eigenvalue weighted by Gasteiger charge is 2.32. The highest BCUT2D eigenvalue weighted by Crippen LogP contribution is 2.30. The maximum atomic E-state index is 12.3. The smallest absolute Gasteiger partial charge is 0.253 e. The van der Waals surface area contributed by atoms with E-state index < -0.39 is 5.60 Å². The number of anilines is 2. The van der Waals surface area contributed by atoms with E-state index in [4.69, 9.17) is 4.98 Å². The van der Waals surface area contributed by atoms with E-state index in [0.717, 1.165) is 41.4 Å². The van der Waals surface area contributed by atoms with Crippen molar-refractivity contribution in [1.29, 1.82) is 0 Å². The number of aliphatic hydroxyl groups is 1. The predicted molar refractivity (Wildman–Crippen MR) is 107 cm³/mol. The minimum atomic E-state index is -1.33. The fraction of sp³-hybridized carbons (Fsp3) is 0.450. The molecule has 1 saturated heterocycles. The van der Waals surface area contributed by atoms with Crippen LogP contribution in [0.25, 0.3) is 5.52 Å². The van der Waals surface area contributed by atoms with E-state index in [0.29, 0.717) is 13.1 Å². The Labute approximate surface area is 163 Å². The summed E-state index contributed by atoms with van der Waals surface area (Å²) in [4.78, 5) is 18.9. The Hall–Kier alpha value is -2.87. The molecular formula is C20H26N6O2. The van der Waals surface area contributed by atoms with Gasteiger partial charge in [0.05, 0.1) is 11.2 Å². The molecule has 0 radical (unpaired) electrons. The number of aryl methyl sites for hydroxylation is 1. The van der Waals surface area contributed by atoms with E-state index in [9.17, 15) is 9.90 Å². The quantitative estimate of drug-likeness (QED) is 0.644. The van der Waals surface area contributed by atoms with Gasteiger partial charge in [-0.3, -0.25) is 9.89 Å². The number of hydrogen-bond donors (Lipinski definition) is 3. The number of hydrogen-bond acceptors (Lipinski definition) is 5. The van der Waals surface area contributed by atoms with Crippen LogP contribution in [0.1, 0.15) is 44.0 Å². The monoisotopic (exact) mass is 382 g/mol. The third-order valence-corrected chi connectivity index (χ3v) is 5.21. The number of aromatic amines is 1. The lowest BCUT2D eigenvalue weighted by atomic mass is 9.92. The van der Waals surface area contributed by atoms with Crippen LogP contribution < -0.4 is 5.32 Å². The van der Waals surface area contributed by atoms with Crippen LogP contribution in [0.4, 0.5) is 11.6 Å². The van der Waals surface area contributed by atoms with Crippen molar-refractivity contribution < 1.29 is 9.90 Å². The molecule has 28 heavy (non-hydrogen) atoms. The summed E-state index contributed by atoms with van der Waals surface area (Å²) in [5.41, 5.74) is 1.63. The molecule has 0 atom stereocenters. The Balaban J connectivity index is 1.55. The summed E-state index contributed by atoms with van der Waals surface area (Å²) in [5.74, 6) is 1.55. The van der Waals surface area contributed by atoms with Crippen LogP contribution in [0, 0.1) is 6.92 Å². The number of nitrogens with zero attached hydrogens (tertiary/aromatic N) is 4. The molecule has 4 heterocycles. The first kappa shape index (κ1) is 18.5. The summed E-state index contributed by atoms with van der Waals surface area (Å²) in [5, 5.41) is 20.5. The fourth-order valence-electron chi connectivity index (χ4n) is 3.72. The van der Waals surface area contributed by atoms with E-state index in [2.05, 4.69) is 26.1 Å². The lowest BCUT2D eigenvalue weighted by molar-refractivity contribution is -0.148. The Kier molecular flexibility index (Phi) is 4.58. The molecule has 1 aliphatic rings. The van der Waals surface area contributed by atoms with Crippen LogP contribution in [0.5, 0.6) is 0 Å². The van der Waals surface area contributed by atoms with E-state index in [1.165, 1.54) is 13.8 Å². The molecule has 3 N–H and O–H groups in total. The minimum absolute atomic E-state index is 0.212. The van der Waals surface area contributed by atoms with Crippen molar-refractivity contribution in [3.63, 3.8) is 0 Å². The summed E-state index contributed by atoms with van der Waals surface area (Å²) in [6.07, 6.45) is 5.72. The van der Waals surface area contributed by atoms with Gasteiger partial charge < -0.3 is 19.7 Å². The highest BCUT2D eigenvalue weighted by molar-refractivity contribution is 5.84. The summed E-state index contributed by atoms with van der Waals surface area (Å²) < 4.78 is 2.07. The topological polar surface area (TPSA) is 98.6 Å². The maximum absolute atomic E-state index is 12.3. The number of H-pyrrole nitrogens is 1. The molecule has 1 aliphatic heterocycles. The third kappa shape index (κ3) is 3.60. The van der Waals surface area contributed by atoms with Gasteiger partial charge in [0, 0.05) is 43.2 Å². The molecule has 1 fully saturated rings. The van der Waals surface area contributed by atoms with Gasteiger partial charge in [-0.15, -0.1) is 0 Å².